The number of aryl methyl sites for hydroxylation is 3. The molecule has 2 heterocycles. The van der Waals surface area contributed by atoms with Crippen molar-refractivity contribution < 1.29 is 18.3 Å². The van der Waals surface area contributed by atoms with E-state index in [2.05, 4.69) is 20.4 Å². The number of aliphatic hydroxyl groups excluding tert-OH is 1. The van der Waals surface area contributed by atoms with Crippen LogP contribution in [0.25, 0.3) is 11.0 Å². The Morgan fingerprint density at radius 1 is 1.30 bits per heavy atom. The molecule has 2 aromatic rings. The van der Waals surface area contributed by atoms with E-state index < -0.39 is 18.8 Å². The molecular weight excluding hydrogens is 275 g/mol. The van der Waals surface area contributed by atoms with Crippen LogP contribution in [0.5, 0.6) is 0 Å². The molecule has 0 spiro atoms. The summed E-state index contributed by atoms with van der Waals surface area (Å²) in [5.41, 5.74) is 1.13. The second-order valence-corrected chi connectivity index (χ2v) is 4.47. The van der Waals surface area contributed by atoms with Gasteiger partial charge in [0.2, 0.25) is 0 Å². The first-order chi connectivity index (χ1) is 9.20. The Morgan fingerprint density at radius 2 is 1.95 bits per heavy atom. The van der Waals surface area contributed by atoms with Crippen LogP contribution >= 0.6 is 0 Å². The summed E-state index contributed by atoms with van der Waals surface area (Å²) in [6.45, 7) is 2.67. The Kier molecular flexibility index (Phi) is 3.55. The van der Waals surface area contributed by atoms with Crippen molar-refractivity contribution >= 4 is 16.9 Å². The van der Waals surface area contributed by atoms with E-state index in [4.69, 9.17) is 5.11 Å². The number of rotatable bonds is 3. The number of fused-ring (bicyclic) bond motifs is 1. The van der Waals surface area contributed by atoms with Crippen LogP contribution in [0.2, 0.25) is 0 Å². The molecule has 2 N–H and O–H groups in total. The number of alkyl halides is 3. The maximum absolute atomic E-state index is 12.3. The monoisotopic (exact) mass is 289 g/mol. The number of nitrogens with zero attached hydrogens (tertiary/aromatic N) is 4. The predicted molar refractivity (Wildman–Crippen MR) is 66.3 cm³/mol. The van der Waals surface area contributed by atoms with Gasteiger partial charge in [-0.05, 0) is 13.8 Å². The van der Waals surface area contributed by atoms with Gasteiger partial charge in [0.15, 0.2) is 11.8 Å². The van der Waals surface area contributed by atoms with E-state index in [1.54, 1.807) is 20.9 Å². The predicted octanol–water partition coefficient (Wildman–Crippen LogP) is 1.32. The van der Waals surface area contributed by atoms with Gasteiger partial charge in [-0.3, -0.25) is 4.68 Å². The number of nitrogens with one attached hydrogen (secondary N) is 1. The quantitative estimate of drug-likeness (QED) is 0.891. The van der Waals surface area contributed by atoms with Gasteiger partial charge in [0.1, 0.15) is 11.6 Å². The molecule has 0 amide bonds. The summed E-state index contributed by atoms with van der Waals surface area (Å²) < 4.78 is 38.4. The Morgan fingerprint density at radius 3 is 2.55 bits per heavy atom. The van der Waals surface area contributed by atoms with Gasteiger partial charge < -0.3 is 10.4 Å². The molecule has 0 radical (unpaired) electrons. The molecule has 0 saturated heterocycles. The summed E-state index contributed by atoms with van der Waals surface area (Å²) in [6, 6.07) is 0. The molecule has 1 atom stereocenters. The van der Waals surface area contributed by atoms with Gasteiger partial charge >= 0.3 is 6.18 Å². The summed E-state index contributed by atoms with van der Waals surface area (Å²) >= 11 is 0. The molecule has 20 heavy (non-hydrogen) atoms. The minimum atomic E-state index is -4.67. The molecular formula is C11H14F3N5O. The van der Waals surface area contributed by atoms with E-state index in [1.807, 2.05) is 0 Å². The second-order valence-electron chi connectivity index (χ2n) is 4.47. The topological polar surface area (TPSA) is 75.9 Å². The zero-order valence-electron chi connectivity index (χ0n) is 11.2. The highest BCUT2D eigenvalue weighted by Gasteiger charge is 2.38. The lowest BCUT2D eigenvalue weighted by molar-refractivity contribution is -0.198. The van der Waals surface area contributed by atoms with Crippen molar-refractivity contribution in [2.24, 2.45) is 7.05 Å². The van der Waals surface area contributed by atoms with Gasteiger partial charge in [0.25, 0.3) is 0 Å². The Labute approximate surface area is 112 Å². The molecule has 0 aliphatic heterocycles. The first-order valence-corrected chi connectivity index (χ1v) is 5.86. The van der Waals surface area contributed by atoms with Crippen LogP contribution in [-0.4, -0.2) is 43.7 Å². The van der Waals surface area contributed by atoms with Crippen LogP contribution in [0.1, 0.15) is 11.5 Å². The zero-order chi connectivity index (χ0) is 15.1. The van der Waals surface area contributed by atoms with Crippen LogP contribution in [0.15, 0.2) is 0 Å². The largest absolute Gasteiger partial charge is 0.416 e. The fourth-order valence-corrected chi connectivity index (χ4v) is 1.88. The van der Waals surface area contributed by atoms with Gasteiger partial charge in [-0.2, -0.15) is 18.3 Å². The molecule has 6 nitrogen and oxygen atoms in total. The van der Waals surface area contributed by atoms with Crippen LogP contribution in [0, 0.1) is 13.8 Å². The first-order valence-electron chi connectivity index (χ1n) is 5.86. The lowest BCUT2D eigenvalue weighted by atomic mass is 10.2. The fourth-order valence-electron chi connectivity index (χ4n) is 1.88. The molecule has 0 fully saturated rings. The summed E-state index contributed by atoms with van der Waals surface area (Å²) in [5.74, 6) is 0.644. The highest BCUT2D eigenvalue weighted by molar-refractivity contribution is 5.89. The van der Waals surface area contributed by atoms with Crippen LogP contribution < -0.4 is 5.32 Å². The van der Waals surface area contributed by atoms with Crippen molar-refractivity contribution in [2.45, 2.75) is 26.1 Å². The molecule has 0 saturated carbocycles. The van der Waals surface area contributed by atoms with Gasteiger partial charge in [0.05, 0.1) is 17.6 Å². The molecule has 0 aliphatic carbocycles. The number of aromatic nitrogens is 4. The van der Waals surface area contributed by atoms with Crippen molar-refractivity contribution in [2.75, 3.05) is 11.9 Å². The maximum Gasteiger partial charge on any atom is 0.416 e. The third kappa shape index (κ3) is 2.67. The summed E-state index contributed by atoms with van der Waals surface area (Å²) in [7, 11) is 1.69. The molecule has 2 rings (SSSR count). The van der Waals surface area contributed by atoms with E-state index in [0.717, 1.165) is 0 Å². The smallest absolute Gasteiger partial charge is 0.382 e. The molecule has 0 aromatic carbocycles. The van der Waals surface area contributed by atoms with Crippen molar-refractivity contribution in [3.63, 3.8) is 0 Å². The summed E-state index contributed by atoms with van der Waals surface area (Å²) in [5, 5.41) is 16.2. The highest BCUT2D eigenvalue weighted by atomic mass is 19.4. The Hall–Kier alpha value is -1.90. The normalized spacial score (nSPS) is 13.8. The average molecular weight is 289 g/mol. The SMILES string of the molecule is Cc1nc(NC[C@@H](O)C(F)(F)F)c2c(C)nn(C)c2n1. The van der Waals surface area contributed by atoms with Gasteiger partial charge in [-0.1, -0.05) is 0 Å². The summed E-state index contributed by atoms with van der Waals surface area (Å²) in [6.07, 6.45) is -7.12. The number of halogens is 3. The minimum Gasteiger partial charge on any atom is -0.382 e. The number of aliphatic hydroxyl groups is 1. The van der Waals surface area contributed by atoms with Crippen molar-refractivity contribution in [1.82, 2.24) is 19.7 Å². The van der Waals surface area contributed by atoms with E-state index in [0.29, 0.717) is 22.6 Å². The zero-order valence-corrected chi connectivity index (χ0v) is 11.2. The van der Waals surface area contributed by atoms with Crippen molar-refractivity contribution in [3.8, 4) is 0 Å². The standard InChI is InChI=1S/C11H14F3N5O/c1-5-8-9(15-4-7(20)11(12,13)14)16-6(2)17-10(8)19(3)18-5/h7,20H,4H2,1-3H3,(H,15,16,17)/t7-/m1/s1. The molecule has 0 bridgehead atoms. The maximum atomic E-state index is 12.3. The van der Waals surface area contributed by atoms with Crippen molar-refractivity contribution in [1.29, 1.82) is 0 Å². The van der Waals surface area contributed by atoms with E-state index in [1.165, 1.54) is 4.68 Å². The number of hydrogen-bond acceptors (Lipinski definition) is 5. The highest BCUT2D eigenvalue weighted by Crippen LogP contribution is 2.25. The first kappa shape index (κ1) is 14.5. The average Bonchev–Trinajstić information content (AvgIpc) is 2.60. The molecule has 0 aliphatic rings. The van der Waals surface area contributed by atoms with Crippen LogP contribution in [-0.2, 0) is 7.05 Å². The second kappa shape index (κ2) is 4.89. The number of anilines is 1. The van der Waals surface area contributed by atoms with Crippen LogP contribution in [0.4, 0.5) is 19.0 Å². The number of hydrogen-bond donors (Lipinski definition) is 2. The molecule has 110 valence electrons. The fraction of sp³-hybridized carbons (Fsp3) is 0.545. The minimum absolute atomic E-state index is 0.237. The van der Waals surface area contributed by atoms with E-state index in [-0.39, 0.29) is 5.82 Å². The third-order valence-electron chi connectivity index (χ3n) is 2.81. The Balaban J connectivity index is 2.35. The molecule has 2 aromatic heterocycles. The van der Waals surface area contributed by atoms with Crippen molar-refractivity contribution in [3.05, 3.63) is 11.5 Å². The Bertz CT molecular complexity index is 637. The van der Waals surface area contributed by atoms with E-state index >= 15 is 0 Å². The van der Waals surface area contributed by atoms with Gasteiger partial charge in [-0.15, -0.1) is 0 Å². The lowest BCUT2D eigenvalue weighted by Crippen LogP contribution is -2.35. The van der Waals surface area contributed by atoms with Crippen LogP contribution in [0.3, 0.4) is 0 Å². The van der Waals surface area contributed by atoms with Gasteiger partial charge in [-0.25, -0.2) is 9.97 Å². The molecule has 0 unspecified atom stereocenters. The van der Waals surface area contributed by atoms with Gasteiger partial charge in [0, 0.05) is 7.05 Å². The lowest BCUT2D eigenvalue weighted by Gasteiger charge is -2.16. The summed E-state index contributed by atoms with van der Waals surface area (Å²) in [4.78, 5) is 8.27. The molecule has 9 heteroatoms. The third-order valence-corrected chi connectivity index (χ3v) is 2.81. The van der Waals surface area contributed by atoms with E-state index in [9.17, 15) is 13.2 Å².